The number of nitrogens with one attached hydrogen (secondary N) is 1. The van der Waals surface area contributed by atoms with Gasteiger partial charge in [-0.3, -0.25) is 5.01 Å². The molecular formula is C11H21N5. The average Bonchev–Trinajstić information content (AvgIpc) is 2.34. The van der Waals surface area contributed by atoms with Crippen molar-refractivity contribution in [1.29, 1.82) is 0 Å². The Kier molecular flexibility index (Phi) is 7.66. The molecule has 16 heavy (non-hydrogen) atoms. The van der Waals surface area contributed by atoms with Gasteiger partial charge in [-0.25, -0.2) is 11.7 Å². The van der Waals surface area contributed by atoms with E-state index in [4.69, 9.17) is 17.4 Å². The fourth-order valence-corrected chi connectivity index (χ4v) is 1.09. The first kappa shape index (κ1) is 14.3. The summed E-state index contributed by atoms with van der Waals surface area (Å²) in [6.07, 6.45) is 1.32. The van der Waals surface area contributed by atoms with E-state index in [0.717, 1.165) is 5.56 Å². The van der Waals surface area contributed by atoms with Crippen molar-refractivity contribution in [3.05, 3.63) is 47.9 Å². The Balaban J connectivity index is 0.00000106. The largest absolute Gasteiger partial charge is 0.402 e. The lowest BCUT2D eigenvalue weighted by atomic mass is 10.2. The lowest BCUT2D eigenvalue weighted by molar-refractivity contribution is 0.324. The van der Waals surface area contributed by atoms with Crippen LogP contribution in [0, 0.1) is 0 Å². The van der Waals surface area contributed by atoms with Crippen LogP contribution in [0.15, 0.2) is 42.4 Å². The molecule has 0 aliphatic carbocycles. The molecule has 0 atom stereocenters. The highest BCUT2D eigenvalue weighted by Crippen LogP contribution is 2.03. The SMILES string of the molecule is CC.N/C=C(\NN)N(N)Cc1ccccc1. The third-order valence-electron chi connectivity index (χ3n) is 1.81. The summed E-state index contributed by atoms with van der Waals surface area (Å²) in [5.74, 6) is 11.4. The zero-order valence-electron chi connectivity index (χ0n) is 9.85. The summed E-state index contributed by atoms with van der Waals surface area (Å²) in [5.41, 5.74) is 8.81. The molecule has 90 valence electrons. The maximum Gasteiger partial charge on any atom is 0.146 e. The van der Waals surface area contributed by atoms with Gasteiger partial charge in [0, 0.05) is 6.20 Å². The van der Waals surface area contributed by atoms with Gasteiger partial charge in [-0.1, -0.05) is 44.2 Å². The Morgan fingerprint density at radius 1 is 1.31 bits per heavy atom. The van der Waals surface area contributed by atoms with Crippen LogP contribution in [0.4, 0.5) is 0 Å². The average molecular weight is 223 g/mol. The standard InChI is InChI=1S/C9H15N5.C2H6/c10-6-9(13-11)14(12)7-8-4-2-1-3-5-8;1-2/h1-6,13H,7,10-12H2;1-2H3/b9-6+;. The third-order valence-corrected chi connectivity index (χ3v) is 1.81. The smallest absolute Gasteiger partial charge is 0.146 e. The molecule has 0 amide bonds. The highest BCUT2D eigenvalue weighted by Gasteiger charge is 2.02. The number of hydrogen-bond donors (Lipinski definition) is 4. The molecule has 0 fully saturated rings. The Labute approximate surface area is 96.8 Å². The van der Waals surface area contributed by atoms with Crippen LogP contribution in [0.2, 0.25) is 0 Å². The van der Waals surface area contributed by atoms with Crippen molar-refractivity contribution in [2.75, 3.05) is 0 Å². The summed E-state index contributed by atoms with van der Waals surface area (Å²) in [6.45, 7) is 4.55. The van der Waals surface area contributed by atoms with E-state index < -0.39 is 0 Å². The van der Waals surface area contributed by atoms with Gasteiger partial charge in [-0.2, -0.15) is 0 Å². The van der Waals surface area contributed by atoms with Crippen LogP contribution in [-0.4, -0.2) is 5.01 Å². The number of rotatable bonds is 4. The lowest BCUT2D eigenvalue weighted by Crippen LogP contribution is -2.40. The zero-order valence-corrected chi connectivity index (χ0v) is 9.85. The van der Waals surface area contributed by atoms with E-state index in [0.29, 0.717) is 12.4 Å². The van der Waals surface area contributed by atoms with E-state index in [-0.39, 0.29) is 0 Å². The fourth-order valence-electron chi connectivity index (χ4n) is 1.09. The molecule has 0 heterocycles. The molecule has 5 heteroatoms. The molecule has 0 saturated carbocycles. The lowest BCUT2D eigenvalue weighted by Gasteiger charge is -2.20. The topological polar surface area (TPSA) is 93.3 Å². The second-order valence-corrected chi connectivity index (χ2v) is 2.81. The van der Waals surface area contributed by atoms with Crippen molar-refractivity contribution in [2.45, 2.75) is 20.4 Å². The van der Waals surface area contributed by atoms with Crippen LogP contribution in [0.25, 0.3) is 0 Å². The maximum absolute atomic E-state index is 5.71. The van der Waals surface area contributed by atoms with Gasteiger partial charge < -0.3 is 11.2 Å². The minimum atomic E-state index is 0.480. The van der Waals surface area contributed by atoms with E-state index in [1.807, 2.05) is 44.2 Å². The van der Waals surface area contributed by atoms with Gasteiger partial charge in [0.2, 0.25) is 0 Å². The third kappa shape index (κ3) is 4.68. The zero-order chi connectivity index (χ0) is 12.4. The predicted octanol–water partition coefficient (Wildman–Crippen LogP) is 0.609. The Morgan fingerprint density at radius 2 is 1.88 bits per heavy atom. The van der Waals surface area contributed by atoms with Crippen molar-refractivity contribution in [3.63, 3.8) is 0 Å². The molecular weight excluding hydrogens is 202 g/mol. The van der Waals surface area contributed by atoms with Crippen LogP contribution in [0.3, 0.4) is 0 Å². The minimum absolute atomic E-state index is 0.480. The molecule has 7 N–H and O–H groups in total. The van der Waals surface area contributed by atoms with Crippen LogP contribution >= 0.6 is 0 Å². The molecule has 0 spiro atoms. The summed E-state index contributed by atoms with van der Waals surface area (Å²) in [4.78, 5) is 0. The summed E-state index contributed by atoms with van der Waals surface area (Å²) < 4.78 is 0. The van der Waals surface area contributed by atoms with Crippen molar-refractivity contribution in [2.24, 2.45) is 17.4 Å². The van der Waals surface area contributed by atoms with Crippen LogP contribution in [0.5, 0.6) is 0 Å². The van der Waals surface area contributed by atoms with E-state index in [2.05, 4.69) is 5.43 Å². The molecule has 0 aliphatic rings. The van der Waals surface area contributed by atoms with Crippen molar-refractivity contribution in [1.82, 2.24) is 10.4 Å². The molecule has 1 aromatic rings. The second-order valence-electron chi connectivity index (χ2n) is 2.81. The molecule has 1 rings (SSSR count). The van der Waals surface area contributed by atoms with Gasteiger partial charge in [0.25, 0.3) is 0 Å². The second kappa shape index (κ2) is 8.58. The first-order valence-corrected chi connectivity index (χ1v) is 5.22. The predicted molar refractivity (Wildman–Crippen MR) is 67.1 cm³/mol. The summed E-state index contributed by atoms with van der Waals surface area (Å²) in [6, 6.07) is 9.80. The van der Waals surface area contributed by atoms with Gasteiger partial charge in [0.1, 0.15) is 5.82 Å². The van der Waals surface area contributed by atoms with Crippen LogP contribution in [-0.2, 0) is 6.54 Å². The molecule has 0 unspecified atom stereocenters. The summed E-state index contributed by atoms with van der Waals surface area (Å²) in [5, 5.41) is 1.44. The van der Waals surface area contributed by atoms with E-state index in [9.17, 15) is 0 Å². The molecule has 0 aliphatic heterocycles. The van der Waals surface area contributed by atoms with Gasteiger partial charge in [0.15, 0.2) is 0 Å². The number of nitrogens with two attached hydrogens (primary N) is 3. The van der Waals surface area contributed by atoms with E-state index >= 15 is 0 Å². The molecule has 0 bridgehead atoms. The number of benzene rings is 1. The highest BCUT2D eigenvalue weighted by molar-refractivity contribution is 5.15. The van der Waals surface area contributed by atoms with Crippen molar-refractivity contribution < 1.29 is 0 Å². The molecule has 0 saturated heterocycles. The van der Waals surface area contributed by atoms with Crippen molar-refractivity contribution >= 4 is 0 Å². The molecule has 0 radical (unpaired) electrons. The van der Waals surface area contributed by atoms with Crippen LogP contribution in [0.1, 0.15) is 19.4 Å². The minimum Gasteiger partial charge on any atom is -0.402 e. The number of hydrogen-bond acceptors (Lipinski definition) is 5. The van der Waals surface area contributed by atoms with Gasteiger partial charge in [-0.05, 0) is 5.56 Å². The van der Waals surface area contributed by atoms with Gasteiger partial charge in [0.05, 0.1) is 6.54 Å². The maximum atomic E-state index is 5.71. The Morgan fingerprint density at radius 3 is 2.31 bits per heavy atom. The number of hydrazine groups is 2. The summed E-state index contributed by atoms with van der Waals surface area (Å²) >= 11 is 0. The van der Waals surface area contributed by atoms with Crippen LogP contribution < -0.4 is 22.8 Å². The van der Waals surface area contributed by atoms with Gasteiger partial charge in [-0.15, -0.1) is 0 Å². The van der Waals surface area contributed by atoms with E-state index in [1.165, 1.54) is 11.2 Å². The monoisotopic (exact) mass is 223 g/mol. The first-order valence-electron chi connectivity index (χ1n) is 5.22. The number of nitrogens with zero attached hydrogens (tertiary/aromatic N) is 1. The Hall–Kier alpha value is -1.72. The normalized spacial score (nSPS) is 10.1. The highest BCUT2D eigenvalue weighted by atomic mass is 15.5. The Bertz CT molecular complexity index is 297. The van der Waals surface area contributed by atoms with E-state index in [1.54, 1.807) is 0 Å². The first-order chi connectivity index (χ1) is 7.77. The summed E-state index contributed by atoms with van der Waals surface area (Å²) in [7, 11) is 0. The van der Waals surface area contributed by atoms with Gasteiger partial charge >= 0.3 is 0 Å². The molecule has 0 aromatic heterocycles. The molecule has 1 aromatic carbocycles. The quantitative estimate of drug-likeness (QED) is 0.443. The van der Waals surface area contributed by atoms with Crippen molar-refractivity contribution in [3.8, 4) is 0 Å². The fraction of sp³-hybridized carbons (Fsp3) is 0.273. The molecule has 5 nitrogen and oxygen atoms in total.